The molecule has 4 heteroatoms. The molecule has 0 amide bonds. The van der Waals surface area contributed by atoms with Crippen molar-refractivity contribution in [2.24, 2.45) is 0 Å². The van der Waals surface area contributed by atoms with Crippen LogP contribution in [0, 0.1) is 0 Å². The van der Waals surface area contributed by atoms with Crippen LogP contribution < -0.4 is 5.32 Å². The molecule has 1 aromatic rings. The first-order valence-corrected chi connectivity index (χ1v) is 5.63. The Hall–Kier alpha value is -1.23. The van der Waals surface area contributed by atoms with Crippen molar-refractivity contribution < 1.29 is 15.0 Å². The fraction of sp³-hybridized carbons (Fsp3) is 0.462. The third kappa shape index (κ3) is 4.26. The van der Waals surface area contributed by atoms with Crippen LogP contribution in [0.25, 0.3) is 0 Å². The van der Waals surface area contributed by atoms with Crippen molar-refractivity contribution in [3.63, 3.8) is 0 Å². The number of ketones is 1. The molecule has 0 atom stereocenters. The number of benzene rings is 1. The lowest BCUT2D eigenvalue weighted by atomic mass is 9.96. The summed E-state index contributed by atoms with van der Waals surface area (Å²) in [6.07, 6.45) is 0. The maximum Gasteiger partial charge on any atom is 0.193 e. The highest BCUT2D eigenvalue weighted by Gasteiger charge is 2.25. The van der Waals surface area contributed by atoms with Crippen molar-refractivity contribution in [3.05, 3.63) is 35.4 Å². The van der Waals surface area contributed by atoms with E-state index < -0.39 is 5.60 Å². The summed E-state index contributed by atoms with van der Waals surface area (Å²) >= 11 is 0. The molecule has 0 aliphatic rings. The largest absolute Gasteiger partial charge is 0.395 e. The van der Waals surface area contributed by atoms with E-state index in [0.29, 0.717) is 18.7 Å². The van der Waals surface area contributed by atoms with Crippen molar-refractivity contribution >= 4 is 5.78 Å². The highest BCUT2D eigenvalue weighted by Crippen LogP contribution is 2.14. The van der Waals surface area contributed by atoms with Gasteiger partial charge in [0.25, 0.3) is 0 Å². The van der Waals surface area contributed by atoms with E-state index in [1.54, 1.807) is 18.2 Å². The Morgan fingerprint density at radius 3 is 2.71 bits per heavy atom. The van der Waals surface area contributed by atoms with Crippen molar-refractivity contribution in [2.45, 2.75) is 26.0 Å². The third-order valence-electron chi connectivity index (χ3n) is 2.36. The zero-order valence-corrected chi connectivity index (χ0v) is 10.2. The van der Waals surface area contributed by atoms with E-state index in [1.807, 2.05) is 6.07 Å². The van der Waals surface area contributed by atoms with Crippen LogP contribution in [0.1, 0.15) is 29.8 Å². The normalized spacial score (nSPS) is 11.5. The Kier molecular flexibility index (Phi) is 4.81. The number of carbonyl (C=O) groups is 1. The fourth-order valence-electron chi connectivity index (χ4n) is 1.49. The van der Waals surface area contributed by atoms with Gasteiger partial charge in [-0.05, 0) is 25.5 Å². The zero-order valence-electron chi connectivity index (χ0n) is 10.2. The van der Waals surface area contributed by atoms with Crippen LogP contribution in [0.4, 0.5) is 0 Å². The second-order valence-electron chi connectivity index (χ2n) is 4.49. The van der Waals surface area contributed by atoms with Gasteiger partial charge >= 0.3 is 0 Å². The van der Waals surface area contributed by atoms with Gasteiger partial charge in [-0.25, -0.2) is 0 Å². The molecule has 0 spiro atoms. The monoisotopic (exact) mass is 237 g/mol. The molecule has 0 unspecified atom stereocenters. The molecular formula is C13H19NO3. The first-order chi connectivity index (χ1) is 7.95. The Morgan fingerprint density at radius 2 is 2.12 bits per heavy atom. The van der Waals surface area contributed by atoms with E-state index in [2.05, 4.69) is 5.32 Å². The minimum atomic E-state index is -1.35. The van der Waals surface area contributed by atoms with Crippen LogP contribution in [0.2, 0.25) is 0 Å². The van der Waals surface area contributed by atoms with Crippen molar-refractivity contribution in [1.29, 1.82) is 0 Å². The number of rotatable bonds is 6. The number of carbonyl (C=O) groups excluding carboxylic acids is 1. The van der Waals surface area contributed by atoms with Crippen LogP contribution in [0.15, 0.2) is 24.3 Å². The summed E-state index contributed by atoms with van der Waals surface area (Å²) in [7, 11) is 0. The number of hydrogen-bond donors (Lipinski definition) is 3. The molecule has 3 N–H and O–H groups in total. The minimum Gasteiger partial charge on any atom is -0.395 e. The van der Waals surface area contributed by atoms with Gasteiger partial charge in [0.15, 0.2) is 5.78 Å². The number of nitrogens with one attached hydrogen (secondary N) is 1. The molecule has 0 fully saturated rings. The number of aliphatic hydroxyl groups is 2. The summed E-state index contributed by atoms with van der Waals surface area (Å²) < 4.78 is 0. The van der Waals surface area contributed by atoms with Crippen LogP contribution in [0.3, 0.4) is 0 Å². The number of aliphatic hydroxyl groups excluding tert-OH is 1. The van der Waals surface area contributed by atoms with E-state index in [0.717, 1.165) is 5.56 Å². The average Bonchev–Trinajstić information content (AvgIpc) is 2.28. The van der Waals surface area contributed by atoms with Gasteiger partial charge in [-0.1, -0.05) is 18.2 Å². The van der Waals surface area contributed by atoms with Crippen molar-refractivity contribution in [3.8, 4) is 0 Å². The van der Waals surface area contributed by atoms with Gasteiger partial charge in [0, 0.05) is 18.7 Å². The maximum atomic E-state index is 11.8. The van der Waals surface area contributed by atoms with Crippen molar-refractivity contribution in [1.82, 2.24) is 5.32 Å². The van der Waals surface area contributed by atoms with Gasteiger partial charge in [0.2, 0.25) is 0 Å². The van der Waals surface area contributed by atoms with Gasteiger partial charge in [0.1, 0.15) is 5.60 Å². The summed E-state index contributed by atoms with van der Waals surface area (Å²) in [6.45, 7) is 4.15. The third-order valence-corrected chi connectivity index (χ3v) is 2.36. The lowest BCUT2D eigenvalue weighted by molar-refractivity contribution is 0.0488. The Morgan fingerprint density at radius 1 is 1.41 bits per heavy atom. The summed E-state index contributed by atoms with van der Waals surface area (Å²) in [4.78, 5) is 11.8. The first-order valence-electron chi connectivity index (χ1n) is 5.63. The molecule has 0 aromatic heterocycles. The molecule has 0 radical (unpaired) electrons. The van der Waals surface area contributed by atoms with E-state index >= 15 is 0 Å². The number of Topliss-reactive ketones (excluding diaryl/α,β-unsaturated/α-hetero) is 1. The Bertz CT molecular complexity index is 382. The van der Waals surface area contributed by atoms with E-state index in [-0.39, 0.29) is 12.4 Å². The average molecular weight is 237 g/mol. The predicted octanol–water partition coefficient (Wildman–Crippen LogP) is 0.722. The molecular weight excluding hydrogens is 218 g/mol. The summed E-state index contributed by atoms with van der Waals surface area (Å²) in [5, 5.41) is 21.3. The van der Waals surface area contributed by atoms with Crippen LogP contribution in [-0.4, -0.2) is 34.7 Å². The van der Waals surface area contributed by atoms with E-state index in [1.165, 1.54) is 13.8 Å². The summed E-state index contributed by atoms with van der Waals surface area (Å²) in [5.41, 5.74) is 0.103. The van der Waals surface area contributed by atoms with Crippen LogP contribution >= 0.6 is 0 Å². The molecule has 0 aliphatic carbocycles. The summed E-state index contributed by atoms with van der Waals surface area (Å²) in [6, 6.07) is 7.13. The molecule has 17 heavy (non-hydrogen) atoms. The molecule has 0 heterocycles. The van der Waals surface area contributed by atoms with Crippen molar-refractivity contribution in [2.75, 3.05) is 13.2 Å². The molecule has 1 rings (SSSR count). The van der Waals surface area contributed by atoms with Gasteiger partial charge < -0.3 is 15.5 Å². The molecule has 0 bridgehead atoms. The molecule has 0 aliphatic heterocycles. The van der Waals surface area contributed by atoms with Gasteiger partial charge in [-0.2, -0.15) is 0 Å². The molecule has 0 saturated carbocycles. The lowest BCUT2D eigenvalue weighted by Crippen LogP contribution is -2.31. The highest BCUT2D eigenvalue weighted by molar-refractivity contribution is 6.01. The zero-order chi connectivity index (χ0) is 12.9. The molecule has 4 nitrogen and oxygen atoms in total. The van der Waals surface area contributed by atoms with E-state index in [9.17, 15) is 9.90 Å². The first kappa shape index (κ1) is 13.8. The summed E-state index contributed by atoms with van der Waals surface area (Å²) in [5.74, 6) is -0.290. The number of hydrogen-bond acceptors (Lipinski definition) is 4. The second-order valence-corrected chi connectivity index (χ2v) is 4.49. The van der Waals surface area contributed by atoms with Crippen LogP contribution in [-0.2, 0) is 6.54 Å². The standard InChI is InChI=1S/C13H19NO3/c1-13(2,17)12(16)11-5-3-4-10(8-11)9-14-6-7-15/h3-5,8,14-15,17H,6-7,9H2,1-2H3. The van der Waals surface area contributed by atoms with Gasteiger partial charge in [-0.3, -0.25) is 4.79 Å². The Balaban J connectivity index is 2.75. The fourth-order valence-corrected chi connectivity index (χ4v) is 1.49. The topological polar surface area (TPSA) is 69.6 Å². The minimum absolute atomic E-state index is 0.0856. The molecule has 1 aromatic carbocycles. The molecule has 94 valence electrons. The Labute approximate surface area is 101 Å². The SMILES string of the molecule is CC(C)(O)C(=O)c1cccc(CNCCO)c1. The highest BCUT2D eigenvalue weighted by atomic mass is 16.3. The van der Waals surface area contributed by atoms with Gasteiger partial charge in [-0.15, -0.1) is 0 Å². The molecule has 0 saturated heterocycles. The van der Waals surface area contributed by atoms with E-state index in [4.69, 9.17) is 5.11 Å². The second kappa shape index (κ2) is 5.91. The maximum absolute atomic E-state index is 11.8. The lowest BCUT2D eigenvalue weighted by Gasteiger charge is -2.16. The predicted molar refractivity (Wildman–Crippen MR) is 65.9 cm³/mol. The quantitative estimate of drug-likeness (QED) is 0.504. The van der Waals surface area contributed by atoms with Crippen LogP contribution in [0.5, 0.6) is 0 Å². The van der Waals surface area contributed by atoms with Gasteiger partial charge in [0.05, 0.1) is 6.61 Å². The smallest absolute Gasteiger partial charge is 0.193 e.